The smallest absolute Gasteiger partial charge is 0.255 e. The highest BCUT2D eigenvalue weighted by Crippen LogP contribution is 2.18. The summed E-state index contributed by atoms with van der Waals surface area (Å²) in [6.07, 6.45) is 7.69. The SMILES string of the molecule is CCC(CC)(NC(=O)c1cnn2ccncc12)C(N)=S. The zero-order valence-electron chi connectivity index (χ0n) is 11.5. The predicted molar refractivity (Wildman–Crippen MR) is 80.6 cm³/mol. The minimum absolute atomic E-state index is 0.246. The van der Waals surface area contributed by atoms with E-state index in [1.54, 1.807) is 23.1 Å². The van der Waals surface area contributed by atoms with Gasteiger partial charge < -0.3 is 11.1 Å². The number of nitrogens with one attached hydrogen (secondary N) is 1. The van der Waals surface area contributed by atoms with Crippen LogP contribution in [0.4, 0.5) is 0 Å². The van der Waals surface area contributed by atoms with Crippen molar-refractivity contribution in [2.24, 2.45) is 5.73 Å². The fourth-order valence-electron chi connectivity index (χ4n) is 2.13. The molecule has 0 unspecified atom stereocenters. The lowest BCUT2D eigenvalue weighted by atomic mass is 9.92. The van der Waals surface area contributed by atoms with E-state index in [0.717, 1.165) is 0 Å². The Kier molecular flexibility index (Phi) is 3.99. The van der Waals surface area contributed by atoms with Crippen LogP contribution in [-0.2, 0) is 0 Å². The molecule has 0 aliphatic carbocycles. The Morgan fingerprint density at radius 1 is 1.45 bits per heavy atom. The normalized spacial score (nSPS) is 11.5. The van der Waals surface area contributed by atoms with E-state index in [1.807, 2.05) is 13.8 Å². The minimum Gasteiger partial charge on any atom is -0.391 e. The number of thiocarbonyl (C=S) groups is 1. The summed E-state index contributed by atoms with van der Waals surface area (Å²) < 4.78 is 1.60. The molecule has 20 heavy (non-hydrogen) atoms. The molecule has 0 saturated carbocycles. The van der Waals surface area contributed by atoms with Crippen molar-refractivity contribution in [2.75, 3.05) is 0 Å². The lowest BCUT2D eigenvalue weighted by Crippen LogP contribution is -2.55. The number of amides is 1. The molecule has 0 fully saturated rings. The maximum Gasteiger partial charge on any atom is 0.255 e. The highest BCUT2D eigenvalue weighted by Gasteiger charge is 2.32. The molecule has 2 aromatic heterocycles. The topological polar surface area (TPSA) is 85.3 Å². The summed E-state index contributed by atoms with van der Waals surface area (Å²) in [6.45, 7) is 3.89. The zero-order valence-corrected chi connectivity index (χ0v) is 12.3. The van der Waals surface area contributed by atoms with Crippen LogP contribution in [0.2, 0.25) is 0 Å². The second-order valence-corrected chi connectivity index (χ2v) is 5.01. The monoisotopic (exact) mass is 291 g/mol. The van der Waals surface area contributed by atoms with Crippen molar-refractivity contribution in [3.05, 3.63) is 30.4 Å². The molecule has 7 heteroatoms. The number of carbonyl (C=O) groups excluding carboxylic acids is 1. The summed E-state index contributed by atoms with van der Waals surface area (Å²) in [4.78, 5) is 16.8. The molecule has 0 atom stereocenters. The summed E-state index contributed by atoms with van der Waals surface area (Å²) in [5, 5.41) is 7.06. The van der Waals surface area contributed by atoms with E-state index in [0.29, 0.717) is 28.9 Å². The molecule has 0 spiro atoms. The minimum atomic E-state index is -0.664. The van der Waals surface area contributed by atoms with Crippen molar-refractivity contribution in [1.82, 2.24) is 19.9 Å². The quantitative estimate of drug-likeness (QED) is 0.811. The molecule has 2 aromatic rings. The number of nitrogens with zero attached hydrogens (tertiary/aromatic N) is 3. The number of carbonyl (C=O) groups is 1. The van der Waals surface area contributed by atoms with Crippen LogP contribution in [0.25, 0.3) is 5.52 Å². The second kappa shape index (κ2) is 5.54. The Morgan fingerprint density at radius 3 is 2.75 bits per heavy atom. The highest BCUT2D eigenvalue weighted by molar-refractivity contribution is 7.80. The summed E-state index contributed by atoms with van der Waals surface area (Å²) in [5.41, 5.74) is 6.23. The van der Waals surface area contributed by atoms with E-state index in [1.165, 1.54) is 6.20 Å². The Morgan fingerprint density at radius 2 is 2.15 bits per heavy atom. The first kappa shape index (κ1) is 14.4. The van der Waals surface area contributed by atoms with Gasteiger partial charge in [0.15, 0.2) is 0 Å². The van der Waals surface area contributed by atoms with Crippen LogP contribution in [0.3, 0.4) is 0 Å². The van der Waals surface area contributed by atoms with Crippen molar-refractivity contribution in [3.8, 4) is 0 Å². The molecule has 3 N–H and O–H groups in total. The van der Waals surface area contributed by atoms with E-state index in [9.17, 15) is 4.79 Å². The van der Waals surface area contributed by atoms with Gasteiger partial charge >= 0.3 is 0 Å². The third-order valence-corrected chi connectivity index (χ3v) is 3.99. The first-order valence-corrected chi connectivity index (χ1v) is 6.84. The van der Waals surface area contributed by atoms with Gasteiger partial charge in [0.05, 0.1) is 34.0 Å². The second-order valence-electron chi connectivity index (χ2n) is 4.57. The van der Waals surface area contributed by atoms with Gasteiger partial charge in [-0.2, -0.15) is 5.10 Å². The molecule has 0 aromatic carbocycles. The molecule has 0 saturated heterocycles. The van der Waals surface area contributed by atoms with Gasteiger partial charge in [-0.1, -0.05) is 26.1 Å². The van der Waals surface area contributed by atoms with Crippen molar-refractivity contribution in [1.29, 1.82) is 0 Å². The van der Waals surface area contributed by atoms with Gasteiger partial charge in [-0.15, -0.1) is 0 Å². The molecule has 6 nitrogen and oxygen atoms in total. The Balaban J connectivity index is 2.34. The molecule has 2 rings (SSSR count). The summed E-state index contributed by atoms with van der Waals surface area (Å²) >= 11 is 5.10. The van der Waals surface area contributed by atoms with E-state index in [-0.39, 0.29) is 5.91 Å². The largest absolute Gasteiger partial charge is 0.391 e. The van der Waals surface area contributed by atoms with Crippen molar-refractivity contribution >= 4 is 28.6 Å². The lowest BCUT2D eigenvalue weighted by molar-refractivity contribution is 0.0921. The number of fused-ring (bicyclic) bond motifs is 1. The van der Waals surface area contributed by atoms with Crippen LogP contribution in [0.1, 0.15) is 37.0 Å². The number of rotatable bonds is 5. The van der Waals surface area contributed by atoms with Crippen molar-refractivity contribution in [2.45, 2.75) is 32.2 Å². The fourth-order valence-corrected chi connectivity index (χ4v) is 2.47. The van der Waals surface area contributed by atoms with Crippen LogP contribution < -0.4 is 11.1 Å². The molecular weight excluding hydrogens is 274 g/mol. The van der Waals surface area contributed by atoms with Gasteiger partial charge in [0.25, 0.3) is 5.91 Å². The Bertz CT molecular complexity index is 647. The highest BCUT2D eigenvalue weighted by atomic mass is 32.1. The third kappa shape index (κ3) is 2.36. The molecule has 0 aliphatic heterocycles. The van der Waals surface area contributed by atoms with Crippen LogP contribution in [0.5, 0.6) is 0 Å². The summed E-state index contributed by atoms with van der Waals surface area (Å²) in [7, 11) is 0. The molecule has 0 aliphatic rings. The summed E-state index contributed by atoms with van der Waals surface area (Å²) in [5.74, 6) is -0.246. The number of aromatic nitrogens is 3. The molecular formula is C13H17N5OS. The molecule has 2 heterocycles. The van der Waals surface area contributed by atoms with Crippen LogP contribution >= 0.6 is 12.2 Å². The maximum atomic E-state index is 12.5. The molecule has 0 bridgehead atoms. The van der Waals surface area contributed by atoms with E-state index in [2.05, 4.69) is 15.4 Å². The van der Waals surface area contributed by atoms with Crippen LogP contribution in [-0.4, -0.2) is 31.0 Å². The zero-order chi connectivity index (χ0) is 14.8. The average Bonchev–Trinajstić information content (AvgIpc) is 2.88. The number of nitrogens with two attached hydrogens (primary N) is 1. The lowest BCUT2D eigenvalue weighted by Gasteiger charge is -2.31. The van der Waals surface area contributed by atoms with E-state index >= 15 is 0 Å². The maximum absolute atomic E-state index is 12.5. The van der Waals surface area contributed by atoms with Crippen LogP contribution in [0, 0.1) is 0 Å². The Labute approximate surface area is 122 Å². The molecule has 1 amide bonds. The first-order chi connectivity index (χ1) is 9.54. The van der Waals surface area contributed by atoms with Gasteiger partial charge in [0, 0.05) is 12.4 Å². The number of hydrogen-bond donors (Lipinski definition) is 2. The average molecular weight is 291 g/mol. The van der Waals surface area contributed by atoms with Gasteiger partial charge in [-0.05, 0) is 12.8 Å². The van der Waals surface area contributed by atoms with Gasteiger partial charge in [0.2, 0.25) is 0 Å². The van der Waals surface area contributed by atoms with Gasteiger partial charge in [-0.25, -0.2) is 4.52 Å². The predicted octanol–water partition coefficient (Wildman–Crippen LogP) is 1.30. The van der Waals surface area contributed by atoms with E-state index < -0.39 is 5.54 Å². The van der Waals surface area contributed by atoms with Crippen molar-refractivity contribution < 1.29 is 4.79 Å². The van der Waals surface area contributed by atoms with Gasteiger partial charge in [0.1, 0.15) is 0 Å². The summed E-state index contributed by atoms with van der Waals surface area (Å²) in [6, 6.07) is 0. The van der Waals surface area contributed by atoms with Crippen molar-refractivity contribution in [3.63, 3.8) is 0 Å². The van der Waals surface area contributed by atoms with E-state index in [4.69, 9.17) is 18.0 Å². The third-order valence-electron chi connectivity index (χ3n) is 3.60. The fraction of sp³-hybridized carbons (Fsp3) is 0.385. The molecule has 0 radical (unpaired) electrons. The molecule has 106 valence electrons. The Hall–Kier alpha value is -2.02. The standard InChI is InChI=1S/C13H17N5OS/c1-3-13(4-2,12(14)20)17-11(19)9-7-16-18-6-5-15-8-10(9)18/h5-8H,3-4H2,1-2H3,(H2,14,20)(H,17,19). The first-order valence-electron chi connectivity index (χ1n) is 6.44. The van der Waals surface area contributed by atoms with Crippen LogP contribution in [0.15, 0.2) is 24.8 Å². The number of hydrogen-bond acceptors (Lipinski definition) is 4. The van der Waals surface area contributed by atoms with Gasteiger partial charge in [-0.3, -0.25) is 9.78 Å².